The number of benzene rings is 2. The number of amides is 5. The molecule has 2 bridgehead atoms. The van der Waals surface area contributed by atoms with Crippen molar-refractivity contribution >= 4 is 39.6 Å². The Morgan fingerprint density at radius 1 is 1.00 bits per heavy atom. The van der Waals surface area contributed by atoms with E-state index in [0.29, 0.717) is 17.5 Å². The smallest absolute Gasteiger partial charge is 0.254 e. The standard InChI is InChI=1S/C33H44N6O8S/c1-19(2)11-25-30(41)35-15-24-16-39(32(43)23-12-20(3)21(4)28(14-23)48(34,45)46)17-27(47-24)31(42)37-26(13-22-9-7-6-8-10-22)33(44)38(5)18-29(40)36-25/h6-10,12,14,19,24-27H,11,13,15-18H2,1-5H3,(H,35,41)(H,36,40)(H,37,42)(H2,34,45,46)/t24-,25+,26-,27-/m1/s1. The number of nitrogens with zero attached hydrogens (tertiary/aromatic N) is 2. The second kappa shape index (κ2) is 15.3. The van der Waals surface area contributed by atoms with Crippen LogP contribution in [0.15, 0.2) is 47.4 Å². The molecule has 2 fully saturated rings. The van der Waals surface area contributed by atoms with Gasteiger partial charge in [-0.05, 0) is 55.0 Å². The maximum absolute atomic E-state index is 13.9. The summed E-state index contributed by atoms with van der Waals surface area (Å²) in [6.07, 6.45) is -1.67. The van der Waals surface area contributed by atoms with E-state index in [-0.39, 0.29) is 49.0 Å². The number of likely N-dealkylation sites (N-methyl/N-ethyl adjacent to an activating group) is 1. The van der Waals surface area contributed by atoms with Crippen molar-refractivity contribution in [3.8, 4) is 0 Å². The molecule has 14 nitrogen and oxygen atoms in total. The number of rotatable bonds is 6. The van der Waals surface area contributed by atoms with Crippen molar-refractivity contribution in [1.29, 1.82) is 0 Å². The van der Waals surface area contributed by atoms with Crippen LogP contribution in [0.3, 0.4) is 0 Å². The van der Waals surface area contributed by atoms with E-state index in [9.17, 15) is 32.4 Å². The number of carbonyl (C=O) groups excluding carboxylic acids is 5. The van der Waals surface area contributed by atoms with Crippen LogP contribution >= 0.6 is 0 Å². The highest BCUT2D eigenvalue weighted by atomic mass is 32.2. The Morgan fingerprint density at radius 3 is 2.33 bits per heavy atom. The third kappa shape index (κ3) is 9.17. The van der Waals surface area contributed by atoms with Gasteiger partial charge in [-0.25, -0.2) is 13.6 Å². The first kappa shape index (κ1) is 36.5. The van der Waals surface area contributed by atoms with Crippen molar-refractivity contribution in [2.75, 3.05) is 33.2 Å². The first-order chi connectivity index (χ1) is 22.5. The minimum Gasteiger partial charge on any atom is -0.360 e. The van der Waals surface area contributed by atoms with Crippen molar-refractivity contribution in [2.24, 2.45) is 11.1 Å². The van der Waals surface area contributed by atoms with E-state index in [1.807, 2.05) is 32.0 Å². The average Bonchev–Trinajstić information content (AvgIpc) is 3.02. The van der Waals surface area contributed by atoms with E-state index >= 15 is 0 Å². The van der Waals surface area contributed by atoms with E-state index in [1.54, 1.807) is 32.0 Å². The predicted molar refractivity (Wildman–Crippen MR) is 176 cm³/mol. The van der Waals surface area contributed by atoms with Gasteiger partial charge in [0, 0.05) is 32.1 Å². The van der Waals surface area contributed by atoms with E-state index < -0.39 is 63.9 Å². The van der Waals surface area contributed by atoms with Crippen molar-refractivity contribution in [2.45, 2.75) is 69.7 Å². The Labute approximate surface area is 280 Å². The first-order valence-corrected chi connectivity index (χ1v) is 17.3. The lowest BCUT2D eigenvalue weighted by molar-refractivity contribution is -0.148. The molecule has 0 aromatic heterocycles. The third-order valence-electron chi connectivity index (χ3n) is 8.44. The molecule has 2 aliphatic heterocycles. The summed E-state index contributed by atoms with van der Waals surface area (Å²) in [7, 11) is -2.70. The van der Waals surface area contributed by atoms with Crippen molar-refractivity contribution in [3.05, 3.63) is 64.7 Å². The summed E-state index contributed by atoms with van der Waals surface area (Å²) in [5.74, 6) is -2.75. The Hall–Kier alpha value is -4.34. The second-order valence-corrected chi connectivity index (χ2v) is 14.4. The lowest BCUT2D eigenvalue weighted by Gasteiger charge is -2.38. The van der Waals surface area contributed by atoms with Crippen LogP contribution in [0.1, 0.15) is 47.3 Å². The second-order valence-electron chi connectivity index (χ2n) is 12.9. The number of ether oxygens (including phenoxy) is 1. The van der Waals surface area contributed by atoms with Crippen LogP contribution < -0.4 is 21.1 Å². The maximum atomic E-state index is 13.9. The molecule has 48 heavy (non-hydrogen) atoms. The highest BCUT2D eigenvalue weighted by Crippen LogP contribution is 2.23. The largest absolute Gasteiger partial charge is 0.360 e. The number of morpholine rings is 1. The molecule has 0 saturated carbocycles. The van der Waals surface area contributed by atoms with E-state index in [1.165, 1.54) is 22.9 Å². The number of sulfonamides is 1. The fourth-order valence-corrected chi connectivity index (χ4v) is 6.72. The maximum Gasteiger partial charge on any atom is 0.254 e. The van der Waals surface area contributed by atoms with Crippen molar-refractivity contribution < 1.29 is 37.1 Å². The van der Waals surface area contributed by atoms with Gasteiger partial charge >= 0.3 is 0 Å². The summed E-state index contributed by atoms with van der Waals surface area (Å²) in [6, 6.07) is 9.81. The zero-order valence-electron chi connectivity index (χ0n) is 27.8. The number of hydrogen-bond acceptors (Lipinski definition) is 8. The zero-order chi connectivity index (χ0) is 35.3. The molecule has 0 aliphatic carbocycles. The predicted octanol–water partition coefficient (Wildman–Crippen LogP) is 0.00704. The lowest BCUT2D eigenvalue weighted by Crippen LogP contribution is -2.59. The van der Waals surface area contributed by atoms with Gasteiger partial charge in [0.25, 0.3) is 11.8 Å². The molecule has 5 N–H and O–H groups in total. The summed E-state index contributed by atoms with van der Waals surface area (Å²) >= 11 is 0. The number of hydrogen-bond donors (Lipinski definition) is 4. The molecular formula is C33H44N6O8S. The number of nitrogens with one attached hydrogen (secondary N) is 3. The summed E-state index contributed by atoms with van der Waals surface area (Å²) in [5.41, 5.74) is 1.76. The minimum absolute atomic E-state index is 0.0446. The van der Waals surface area contributed by atoms with Gasteiger partial charge in [-0.2, -0.15) is 0 Å². The molecule has 4 atom stereocenters. The molecule has 260 valence electrons. The third-order valence-corrected chi connectivity index (χ3v) is 9.47. The Morgan fingerprint density at radius 2 is 1.69 bits per heavy atom. The molecule has 5 amide bonds. The Kier molecular flexibility index (Phi) is 11.6. The lowest BCUT2D eigenvalue weighted by atomic mass is 10.0. The molecular weight excluding hydrogens is 640 g/mol. The van der Waals surface area contributed by atoms with E-state index in [2.05, 4.69) is 16.0 Å². The normalized spacial score (nSPS) is 23.1. The number of nitrogens with two attached hydrogens (primary N) is 1. The Bertz CT molecular complexity index is 1670. The van der Waals surface area contributed by atoms with Gasteiger partial charge in [-0.3, -0.25) is 24.0 Å². The van der Waals surface area contributed by atoms with Crippen molar-refractivity contribution in [1.82, 2.24) is 25.8 Å². The van der Waals surface area contributed by atoms with E-state index in [0.717, 1.165) is 5.56 Å². The Balaban J connectivity index is 1.71. The fraction of sp³-hybridized carbons (Fsp3) is 0.485. The molecule has 4 rings (SSSR count). The summed E-state index contributed by atoms with van der Waals surface area (Å²) < 4.78 is 30.7. The molecule has 0 unspecified atom stereocenters. The number of aryl methyl sites for hydroxylation is 1. The molecule has 2 heterocycles. The van der Waals surface area contributed by atoms with Crippen molar-refractivity contribution in [3.63, 3.8) is 0 Å². The van der Waals surface area contributed by atoms with Crippen LogP contribution in [0.25, 0.3) is 0 Å². The van der Waals surface area contributed by atoms with Gasteiger partial charge in [-0.1, -0.05) is 44.2 Å². The van der Waals surface area contributed by atoms with Gasteiger partial charge in [0.1, 0.15) is 12.1 Å². The number of primary sulfonamides is 1. The van der Waals surface area contributed by atoms with Gasteiger partial charge in [0.15, 0.2) is 6.10 Å². The summed E-state index contributed by atoms with van der Waals surface area (Å²) in [4.78, 5) is 70.1. The zero-order valence-corrected chi connectivity index (χ0v) is 28.6. The number of fused-ring (bicyclic) bond motifs is 2. The van der Waals surface area contributed by atoms with Gasteiger partial charge in [0.05, 0.1) is 24.1 Å². The summed E-state index contributed by atoms with van der Waals surface area (Å²) in [6.45, 7) is 6.36. The van der Waals surface area contributed by atoms with Gasteiger partial charge in [-0.15, -0.1) is 0 Å². The average molecular weight is 685 g/mol. The highest BCUT2D eigenvalue weighted by Gasteiger charge is 2.38. The number of carbonyl (C=O) groups is 5. The van der Waals surface area contributed by atoms with Gasteiger partial charge in [0.2, 0.25) is 27.7 Å². The van der Waals surface area contributed by atoms with Crippen LogP contribution in [0.4, 0.5) is 0 Å². The molecule has 2 aromatic carbocycles. The quantitative estimate of drug-likeness (QED) is 0.326. The SMILES string of the molecule is Cc1cc(C(=O)N2C[C@H]3CNC(=O)[C@H](CC(C)C)NC(=O)CN(C)C(=O)[C@@H](Cc4ccccc4)NC(=O)[C@@H](C2)O3)cc(S(N)(=O)=O)c1C. The van der Waals surface area contributed by atoms with Crippen LogP contribution in [-0.4, -0.2) is 105 Å². The van der Waals surface area contributed by atoms with Crippen LogP contribution in [0.5, 0.6) is 0 Å². The first-order valence-electron chi connectivity index (χ1n) is 15.8. The topological polar surface area (TPSA) is 197 Å². The molecule has 2 saturated heterocycles. The van der Waals surface area contributed by atoms with Crippen LogP contribution in [0.2, 0.25) is 0 Å². The van der Waals surface area contributed by atoms with Crippen LogP contribution in [-0.2, 0) is 40.4 Å². The monoisotopic (exact) mass is 684 g/mol. The van der Waals surface area contributed by atoms with Crippen LogP contribution in [0, 0.1) is 19.8 Å². The fourth-order valence-electron chi connectivity index (χ4n) is 5.85. The molecule has 0 radical (unpaired) electrons. The summed E-state index contributed by atoms with van der Waals surface area (Å²) in [5, 5.41) is 13.7. The van der Waals surface area contributed by atoms with Gasteiger partial charge < -0.3 is 30.5 Å². The highest BCUT2D eigenvalue weighted by molar-refractivity contribution is 7.89. The molecule has 2 aliphatic rings. The van der Waals surface area contributed by atoms with E-state index in [4.69, 9.17) is 9.88 Å². The minimum atomic E-state index is -4.14. The molecule has 2 aromatic rings. The molecule has 15 heteroatoms. The molecule has 0 spiro atoms.